The van der Waals surface area contributed by atoms with E-state index in [0.29, 0.717) is 6.54 Å². The van der Waals surface area contributed by atoms with Crippen molar-refractivity contribution in [1.29, 1.82) is 0 Å². The number of unbranched alkanes of at least 4 members (excludes halogenated alkanes) is 1. The summed E-state index contributed by atoms with van der Waals surface area (Å²) in [7, 11) is 0. The van der Waals surface area contributed by atoms with E-state index in [1.165, 1.54) is 10.8 Å². The summed E-state index contributed by atoms with van der Waals surface area (Å²) in [6, 6.07) is 0.951. The largest absolute Gasteiger partial charge is 0.312 e. The molecule has 0 unspecified atom stereocenters. The minimum absolute atomic E-state index is 0.130. The van der Waals surface area contributed by atoms with Crippen LogP contribution in [0.5, 0.6) is 0 Å². The summed E-state index contributed by atoms with van der Waals surface area (Å²) < 4.78 is 28.5. The smallest absolute Gasteiger partial charge is 0.286 e. The van der Waals surface area contributed by atoms with E-state index in [0.717, 1.165) is 25.1 Å². The van der Waals surface area contributed by atoms with Crippen LogP contribution in [0.3, 0.4) is 0 Å². The minimum Gasteiger partial charge on any atom is -0.312 e. The molecule has 0 N–H and O–H groups in total. The number of rotatable bonds is 4. The molecule has 0 aliphatic rings. The lowest BCUT2D eigenvalue weighted by Crippen LogP contribution is -2.23. The molecule has 0 saturated carbocycles. The first-order chi connectivity index (χ1) is 9.52. The molecular weight excluding hydrogens is 288 g/mol. The van der Waals surface area contributed by atoms with Gasteiger partial charge in [-0.15, -0.1) is 0 Å². The topological polar surface area (TPSA) is 47.8 Å². The maximum Gasteiger partial charge on any atom is 0.286 e. The van der Waals surface area contributed by atoms with Gasteiger partial charge in [0.05, 0.1) is 6.20 Å². The van der Waals surface area contributed by atoms with Crippen LogP contribution in [-0.2, 0) is 6.54 Å². The molecule has 2 rings (SSSR count). The van der Waals surface area contributed by atoms with Crippen molar-refractivity contribution in [3.8, 4) is 11.3 Å². The fourth-order valence-electron chi connectivity index (χ4n) is 1.77. The Morgan fingerprint density at radius 1 is 1.35 bits per heavy atom. The molecular formula is C13H12ClF2N3O. The Morgan fingerprint density at radius 3 is 2.80 bits per heavy atom. The molecule has 0 spiro atoms. The standard InChI is InChI=1S/C13H12ClF2N3O/c1-2-3-4-19-7-8(5-9(15)12(19)20)11-10(16)6-17-13(14)18-11/h5-7H,2-4H2,1H3. The van der Waals surface area contributed by atoms with Crippen LogP contribution in [0, 0.1) is 11.6 Å². The maximum atomic E-state index is 13.7. The monoisotopic (exact) mass is 299 g/mol. The van der Waals surface area contributed by atoms with E-state index in [9.17, 15) is 13.6 Å². The van der Waals surface area contributed by atoms with Crippen molar-refractivity contribution in [2.45, 2.75) is 26.3 Å². The van der Waals surface area contributed by atoms with Gasteiger partial charge in [0, 0.05) is 18.3 Å². The number of halogens is 3. The Kier molecular flexibility index (Phi) is 4.44. The lowest BCUT2D eigenvalue weighted by atomic mass is 10.2. The van der Waals surface area contributed by atoms with Crippen LogP contribution in [0.1, 0.15) is 19.8 Å². The van der Waals surface area contributed by atoms with Crippen molar-refractivity contribution in [2.75, 3.05) is 0 Å². The summed E-state index contributed by atoms with van der Waals surface area (Å²) >= 11 is 5.61. The second-order valence-electron chi connectivity index (χ2n) is 4.26. The molecule has 0 aromatic carbocycles. The van der Waals surface area contributed by atoms with E-state index in [4.69, 9.17) is 11.6 Å². The molecule has 2 aromatic rings. The summed E-state index contributed by atoms with van der Waals surface area (Å²) in [5.74, 6) is -1.68. The van der Waals surface area contributed by atoms with E-state index in [1.807, 2.05) is 6.92 Å². The Bertz CT molecular complexity index is 688. The number of nitrogens with zero attached hydrogens (tertiary/aromatic N) is 3. The Balaban J connectivity index is 2.54. The second kappa shape index (κ2) is 6.09. The quantitative estimate of drug-likeness (QED) is 0.815. The van der Waals surface area contributed by atoms with Gasteiger partial charge in [0.2, 0.25) is 5.28 Å². The highest BCUT2D eigenvalue weighted by Crippen LogP contribution is 2.21. The first-order valence-electron chi connectivity index (χ1n) is 6.11. The summed E-state index contributed by atoms with van der Waals surface area (Å²) in [6.07, 6.45) is 3.86. The van der Waals surface area contributed by atoms with Crippen molar-refractivity contribution in [2.24, 2.45) is 0 Å². The number of hydrogen-bond donors (Lipinski definition) is 0. The van der Waals surface area contributed by atoms with Crippen molar-refractivity contribution >= 4 is 11.6 Å². The van der Waals surface area contributed by atoms with Crippen LogP contribution in [0.25, 0.3) is 11.3 Å². The van der Waals surface area contributed by atoms with Crippen LogP contribution in [0.15, 0.2) is 23.3 Å². The second-order valence-corrected chi connectivity index (χ2v) is 4.60. The number of aromatic nitrogens is 3. The van der Waals surface area contributed by atoms with Gasteiger partial charge in [0.25, 0.3) is 5.56 Å². The number of aryl methyl sites for hydroxylation is 1. The molecule has 0 radical (unpaired) electrons. The van der Waals surface area contributed by atoms with Crippen molar-refractivity contribution in [3.63, 3.8) is 0 Å². The van der Waals surface area contributed by atoms with E-state index < -0.39 is 17.2 Å². The molecule has 0 amide bonds. The Labute approximate surface area is 119 Å². The van der Waals surface area contributed by atoms with Gasteiger partial charge < -0.3 is 4.57 Å². The molecule has 0 aliphatic heterocycles. The zero-order chi connectivity index (χ0) is 14.7. The highest BCUT2D eigenvalue weighted by molar-refractivity contribution is 6.28. The molecule has 20 heavy (non-hydrogen) atoms. The number of pyridine rings is 1. The van der Waals surface area contributed by atoms with Crippen LogP contribution in [0.4, 0.5) is 8.78 Å². The minimum atomic E-state index is -0.951. The highest BCUT2D eigenvalue weighted by atomic mass is 35.5. The zero-order valence-corrected chi connectivity index (χ0v) is 11.5. The van der Waals surface area contributed by atoms with Crippen LogP contribution in [-0.4, -0.2) is 14.5 Å². The van der Waals surface area contributed by atoms with Crippen molar-refractivity contribution in [1.82, 2.24) is 14.5 Å². The summed E-state index contributed by atoms with van der Waals surface area (Å²) in [5.41, 5.74) is -0.711. The lowest BCUT2D eigenvalue weighted by Gasteiger charge is -2.08. The third-order valence-electron chi connectivity index (χ3n) is 2.78. The van der Waals surface area contributed by atoms with Gasteiger partial charge in [-0.05, 0) is 24.1 Å². The predicted molar refractivity (Wildman–Crippen MR) is 71.6 cm³/mol. The average molecular weight is 300 g/mol. The first-order valence-corrected chi connectivity index (χ1v) is 6.49. The van der Waals surface area contributed by atoms with Crippen molar-refractivity contribution < 1.29 is 8.78 Å². The van der Waals surface area contributed by atoms with Gasteiger partial charge in [-0.25, -0.2) is 18.7 Å². The van der Waals surface area contributed by atoms with E-state index in [1.54, 1.807) is 0 Å². The van der Waals surface area contributed by atoms with E-state index in [2.05, 4.69) is 9.97 Å². The SMILES string of the molecule is CCCCn1cc(-c2nc(Cl)ncc2F)cc(F)c1=O. The molecule has 0 saturated heterocycles. The normalized spacial score (nSPS) is 10.8. The predicted octanol–water partition coefficient (Wildman–Crippen LogP) is 3.04. The van der Waals surface area contributed by atoms with Crippen LogP contribution < -0.4 is 5.56 Å². The molecule has 2 aromatic heterocycles. The summed E-state index contributed by atoms with van der Waals surface area (Å²) in [6.45, 7) is 2.32. The molecule has 106 valence electrons. The van der Waals surface area contributed by atoms with Crippen LogP contribution in [0.2, 0.25) is 5.28 Å². The molecule has 4 nitrogen and oxygen atoms in total. The van der Waals surface area contributed by atoms with Gasteiger partial charge in [-0.2, -0.15) is 0 Å². The Morgan fingerprint density at radius 2 is 2.10 bits per heavy atom. The molecule has 0 fully saturated rings. The van der Waals surface area contributed by atoms with Gasteiger partial charge in [0.1, 0.15) is 5.69 Å². The lowest BCUT2D eigenvalue weighted by molar-refractivity contribution is 0.549. The maximum absolute atomic E-state index is 13.7. The third kappa shape index (κ3) is 3.01. The fourth-order valence-corrected chi connectivity index (χ4v) is 1.90. The number of hydrogen-bond acceptors (Lipinski definition) is 3. The third-order valence-corrected chi connectivity index (χ3v) is 2.97. The van der Waals surface area contributed by atoms with Gasteiger partial charge >= 0.3 is 0 Å². The average Bonchev–Trinajstić information content (AvgIpc) is 2.43. The molecule has 7 heteroatoms. The van der Waals surface area contributed by atoms with Crippen molar-refractivity contribution in [3.05, 3.63) is 45.7 Å². The van der Waals surface area contributed by atoms with E-state index in [-0.39, 0.29) is 16.5 Å². The molecule has 0 aliphatic carbocycles. The van der Waals surface area contributed by atoms with Gasteiger partial charge in [-0.1, -0.05) is 13.3 Å². The highest BCUT2D eigenvalue weighted by Gasteiger charge is 2.13. The zero-order valence-electron chi connectivity index (χ0n) is 10.7. The summed E-state index contributed by atoms with van der Waals surface area (Å²) in [4.78, 5) is 18.9. The molecule has 0 atom stereocenters. The Hall–Kier alpha value is -1.82. The van der Waals surface area contributed by atoms with Crippen LogP contribution >= 0.6 is 11.6 Å². The molecule has 0 bridgehead atoms. The molecule has 2 heterocycles. The summed E-state index contributed by atoms with van der Waals surface area (Å²) in [5, 5.41) is -0.145. The van der Waals surface area contributed by atoms with Gasteiger partial charge in [-0.3, -0.25) is 4.79 Å². The van der Waals surface area contributed by atoms with Gasteiger partial charge in [0.15, 0.2) is 11.6 Å². The first kappa shape index (κ1) is 14.6. The fraction of sp³-hybridized carbons (Fsp3) is 0.308. The van der Waals surface area contributed by atoms with E-state index >= 15 is 0 Å².